The van der Waals surface area contributed by atoms with Crippen LogP contribution in [0, 0.1) is 5.92 Å². The van der Waals surface area contributed by atoms with Gasteiger partial charge in [0.15, 0.2) is 0 Å². The first kappa shape index (κ1) is 16.3. The molecule has 1 heterocycles. The van der Waals surface area contributed by atoms with Crippen molar-refractivity contribution in [2.24, 2.45) is 5.92 Å². The van der Waals surface area contributed by atoms with Crippen LogP contribution in [0.5, 0.6) is 0 Å². The van der Waals surface area contributed by atoms with Gasteiger partial charge in [-0.15, -0.1) is 0 Å². The van der Waals surface area contributed by atoms with Crippen molar-refractivity contribution in [3.63, 3.8) is 0 Å². The fraction of sp³-hybridized carbons (Fsp3) is 0.769. The van der Waals surface area contributed by atoms with E-state index >= 15 is 0 Å². The van der Waals surface area contributed by atoms with Crippen LogP contribution < -0.4 is 0 Å². The summed E-state index contributed by atoms with van der Waals surface area (Å²) in [6.45, 7) is 3.20. The Bertz CT molecular complexity index is 376. The van der Waals surface area contributed by atoms with Gasteiger partial charge in [-0.05, 0) is 19.8 Å². The molecule has 1 rings (SSSR count). The molecule has 0 unspecified atom stereocenters. The lowest BCUT2D eigenvalue weighted by molar-refractivity contribution is -0.143. The maximum Gasteiger partial charge on any atom is 0.320 e. The molecule has 7 nitrogen and oxygen atoms in total. The van der Waals surface area contributed by atoms with E-state index < -0.39 is 5.97 Å². The predicted octanol–water partition coefficient (Wildman–Crippen LogP) is 0.313. The van der Waals surface area contributed by atoms with E-state index in [-0.39, 0.29) is 24.4 Å². The number of carbonyl (C=O) groups excluding carboxylic acids is 2. The second-order valence-electron chi connectivity index (χ2n) is 5.18. The summed E-state index contributed by atoms with van der Waals surface area (Å²) < 4.78 is 0. The third-order valence-corrected chi connectivity index (χ3v) is 3.59. The fourth-order valence-corrected chi connectivity index (χ4v) is 2.14. The van der Waals surface area contributed by atoms with Gasteiger partial charge in [-0.2, -0.15) is 0 Å². The summed E-state index contributed by atoms with van der Waals surface area (Å²) in [6.07, 6.45) is 0.945. The molecule has 0 spiro atoms. The summed E-state index contributed by atoms with van der Waals surface area (Å²) in [5.74, 6) is -1.29. The highest BCUT2D eigenvalue weighted by molar-refractivity contribution is 5.84. The summed E-state index contributed by atoms with van der Waals surface area (Å²) in [7, 11) is 3.30. The number of piperidine rings is 1. The Morgan fingerprint density at radius 1 is 1.20 bits per heavy atom. The van der Waals surface area contributed by atoms with Gasteiger partial charge in [-0.25, -0.2) is 4.79 Å². The number of nitrogens with zero attached hydrogens (tertiary/aromatic N) is 3. The minimum atomic E-state index is -0.799. The molecule has 0 radical (unpaired) electrons. The van der Waals surface area contributed by atoms with E-state index in [9.17, 15) is 14.4 Å². The lowest BCUT2D eigenvalue weighted by atomic mass is 9.97. The van der Waals surface area contributed by atoms with Crippen LogP contribution in [0.1, 0.15) is 19.8 Å². The molecule has 0 aliphatic carbocycles. The molecular weight excluding hydrogens is 262 g/mol. The van der Waals surface area contributed by atoms with Crippen LogP contribution in [0.2, 0.25) is 0 Å². The number of likely N-dealkylation sites (N-methyl/N-ethyl adjacent to an activating group) is 2. The minimum Gasteiger partial charge on any atom is -0.481 e. The van der Waals surface area contributed by atoms with Gasteiger partial charge < -0.3 is 19.8 Å². The number of rotatable bonds is 4. The molecule has 0 aromatic heterocycles. The van der Waals surface area contributed by atoms with Gasteiger partial charge in [-0.3, -0.25) is 9.59 Å². The number of hydrogen-bond donors (Lipinski definition) is 1. The Labute approximate surface area is 119 Å². The van der Waals surface area contributed by atoms with Gasteiger partial charge in [0, 0.05) is 33.7 Å². The largest absolute Gasteiger partial charge is 0.481 e. The SMILES string of the molecule is CCN(CC(=O)N(C)C)C(=O)N1CCC(C(=O)O)CC1. The lowest BCUT2D eigenvalue weighted by Gasteiger charge is -2.34. The summed E-state index contributed by atoms with van der Waals surface area (Å²) in [5, 5.41) is 8.93. The molecule has 1 fully saturated rings. The van der Waals surface area contributed by atoms with E-state index in [0.717, 1.165) is 0 Å². The fourth-order valence-electron chi connectivity index (χ4n) is 2.14. The normalized spacial score (nSPS) is 15.8. The quantitative estimate of drug-likeness (QED) is 0.806. The maximum atomic E-state index is 12.3. The second kappa shape index (κ2) is 7.12. The zero-order valence-electron chi connectivity index (χ0n) is 12.3. The molecule has 1 N–H and O–H groups in total. The third kappa shape index (κ3) is 4.11. The van der Waals surface area contributed by atoms with E-state index in [4.69, 9.17) is 5.11 Å². The smallest absolute Gasteiger partial charge is 0.320 e. The van der Waals surface area contributed by atoms with E-state index in [2.05, 4.69) is 0 Å². The van der Waals surface area contributed by atoms with Gasteiger partial charge in [-0.1, -0.05) is 0 Å². The van der Waals surface area contributed by atoms with Crippen molar-refractivity contribution in [1.82, 2.24) is 14.7 Å². The zero-order valence-corrected chi connectivity index (χ0v) is 12.3. The molecule has 3 amide bonds. The first-order chi connectivity index (χ1) is 9.36. The van der Waals surface area contributed by atoms with Crippen molar-refractivity contribution in [3.8, 4) is 0 Å². The van der Waals surface area contributed by atoms with Crippen molar-refractivity contribution in [3.05, 3.63) is 0 Å². The van der Waals surface area contributed by atoms with Crippen molar-refractivity contribution in [1.29, 1.82) is 0 Å². The van der Waals surface area contributed by atoms with Gasteiger partial charge >= 0.3 is 12.0 Å². The van der Waals surface area contributed by atoms with Gasteiger partial charge in [0.2, 0.25) is 5.91 Å². The van der Waals surface area contributed by atoms with Crippen LogP contribution in [-0.4, -0.2) is 78.0 Å². The molecule has 0 saturated carbocycles. The van der Waals surface area contributed by atoms with Crippen LogP contribution in [0.25, 0.3) is 0 Å². The molecule has 0 bridgehead atoms. The number of carboxylic acids is 1. The van der Waals surface area contributed by atoms with E-state index in [1.807, 2.05) is 6.92 Å². The minimum absolute atomic E-state index is 0.0567. The molecule has 1 aliphatic heterocycles. The Hall–Kier alpha value is -1.79. The lowest BCUT2D eigenvalue weighted by Crippen LogP contribution is -2.50. The molecule has 114 valence electrons. The predicted molar refractivity (Wildman–Crippen MR) is 73.3 cm³/mol. The molecule has 1 aliphatic rings. The van der Waals surface area contributed by atoms with E-state index in [0.29, 0.717) is 32.5 Å². The van der Waals surface area contributed by atoms with Crippen molar-refractivity contribution < 1.29 is 19.5 Å². The van der Waals surface area contributed by atoms with Gasteiger partial charge in [0.05, 0.1) is 5.92 Å². The van der Waals surface area contributed by atoms with Crippen LogP contribution in [0.3, 0.4) is 0 Å². The van der Waals surface area contributed by atoms with E-state index in [1.165, 1.54) is 9.80 Å². The van der Waals surface area contributed by atoms with Crippen molar-refractivity contribution in [2.75, 3.05) is 40.3 Å². The third-order valence-electron chi connectivity index (χ3n) is 3.59. The summed E-state index contributed by atoms with van der Waals surface area (Å²) in [6, 6.07) is -0.188. The van der Waals surface area contributed by atoms with Gasteiger partial charge in [0.1, 0.15) is 6.54 Å². The number of aliphatic carboxylic acids is 1. The van der Waals surface area contributed by atoms with Gasteiger partial charge in [0.25, 0.3) is 0 Å². The number of likely N-dealkylation sites (tertiary alicyclic amines) is 1. The first-order valence-corrected chi connectivity index (χ1v) is 6.83. The monoisotopic (exact) mass is 285 g/mol. The van der Waals surface area contributed by atoms with Crippen LogP contribution in [0.15, 0.2) is 0 Å². The number of carboxylic acid groups (broad SMARTS) is 1. The maximum absolute atomic E-state index is 12.3. The second-order valence-corrected chi connectivity index (χ2v) is 5.18. The number of hydrogen-bond acceptors (Lipinski definition) is 3. The highest BCUT2D eigenvalue weighted by Crippen LogP contribution is 2.18. The van der Waals surface area contributed by atoms with Crippen LogP contribution >= 0.6 is 0 Å². The molecule has 0 aromatic carbocycles. The Kier molecular flexibility index (Phi) is 5.79. The Morgan fingerprint density at radius 3 is 2.15 bits per heavy atom. The molecule has 20 heavy (non-hydrogen) atoms. The highest BCUT2D eigenvalue weighted by atomic mass is 16.4. The summed E-state index contributed by atoms with van der Waals surface area (Å²) in [5.41, 5.74) is 0. The summed E-state index contributed by atoms with van der Waals surface area (Å²) in [4.78, 5) is 39.4. The number of carbonyl (C=O) groups is 3. The molecule has 0 atom stereocenters. The first-order valence-electron chi connectivity index (χ1n) is 6.83. The molecule has 0 aromatic rings. The molecular formula is C13H23N3O4. The van der Waals surface area contributed by atoms with Crippen molar-refractivity contribution >= 4 is 17.9 Å². The van der Waals surface area contributed by atoms with E-state index in [1.54, 1.807) is 19.0 Å². The Morgan fingerprint density at radius 2 is 1.75 bits per heavy atom. The average Bonchev–Trinajstić information content (AvgIpc) is 2.43. The van der Waals surface area contributed by atoms with Crippen molar-refractivity contribution in [2.45, 2.75) is 19.8 Å². The highest BCUT2D eigenvalue weighted by Gasteiger charge is 2.29. The standard InChI is InChI=1S/C13H23N3O4/c1-4-15(9-11(17)14(2)3)13(20)16-7-5-10(6-8-16)12(18)19/h10H,4-9H2,1-3H3,(H,18,19). The topological polar surface area (TPSA) is 81.2 Å². The number of amides is 3. The zero-order chi connectivity index (χ0) is 15.3. The van der Waals surface area contributed by atoms with Crippen LogP contribution in [-0.2, 0) is 9.59 Å². The average molecular weight is 285 g/mol. The molecule has 7 heteroatoms. The Balaban J connectivity index is 2.55. The van der Waals surface area contributed by atoms with Crippen LogP contribution in [0.4, 0.5) is 4.79 Å². The molecule has 1 saturated heterocycles. The summed E-state index contributed by atoms with van der Waals surface area (Å²) >= 11 is 0. The number of urea groups is 1.